The minimum atomic E-state index is -1.19. The first-order valence-corrected chi connectivity index (χ1v) is 13.3. The Labute approximate surface area is 246 Å². The smallest absolute Gasteiger partial charge is 0.326 e. The van der Waals surface area contributed by atoms with Gasteiger partial charge in [-0.05, 0) is 72.1 Å². The summed E-state index contributed by atoms with van der Waals surface area (Å²) in [5, 5.41) is 47.9. The fourth-order valence-electron chi connectivity index (χ4n) is 4.86. The van der Waals surface area contributed by atoms with Crippen LogP contribution in [0.25, 0.3) is 0 Å². The molecule has 4 rings (SSSR count). The monoisotopic (exact) mass is 589 g/mol. The first kappa shape index (κ1) is 30.5. The number of phenols is 1. The van der Waals surface area contributed by atoms with E-state index in [4.69, 9.17) is 5.11 Å². The summed E-state index contributed by atoms with van der Waals surface area (Å²) in [5.74, 6) is -2.43. The average Bonchev–Trinajstić information content (AvgIpc) is 3.28. The van der Waals surface area contributed by atoms with E-state index >= 15 is 0 Å². The number of hydrogen-bond donors (Lipinski definition) is 6. The summed E-state index contributed by atoms with van der Waals surface area (Å²) in [6.07, 6.45) is 1.18. The third-order valence-electron chi connectivity index (χ3n) is 6.91. The number of carbonyl (C=O) groups excluding carboxylic acids is 1. The molecule has 1 amide bonds. The Balaban J connectivity index is 1.44. The van der Waals surface area contributed by atoms with Gasteiger partial charge in [0.05, 0.1) is 4.92 Å². The van der Waals surface area contributed by atoms with Gasteiger partial charge in [-0.2, -0.15) is 0 Å². The van der Waals surface area contributed by atoms with Crippen molar-refractivity contribution in [3.8, 4) is 5.75 Å². The number of fused-ring (bicyclic) bond motifs is 1. The van der Waals surface area contributed by atoms with Crippen molar-refractivity contribution in [3.63, 3.8) is 0 Å². The minimum absolute atomic E-state index is 0.00542. The van der Waals surface area contributed by atoms with E-state index in [0.717, 1.165) is 17.3 Å². The maximum absolute atomic E-state index is 13.3. The second-order valence-corrected chi connectivity index (χ2v) is 10.2. The van der Waals surface area contributed by atoms with Crippen molar-refractivity contribution in [1.82, 2.24) is 10.2 Å². The van der Waals surface area contributed by atoms with Crippen LogP contribution in [0.4, 0.5) is 11.4 Å². The topological polar surface area (TPSA) is 194 Å². The van der Waals surface area contributed by atoms with E-state index in [9.17, 15) is 34.7 Å². The zero-order valence-electron chi connectivity index (χ0n) is 23.2. The molecule has 6 N–H and O–H groups in total. The number of hydrogen-bond acceptors (Lipinski definition) is 9. The third-order valence-corrected chi connectivity index (χ3v) is 6.91. The lowest BCUT2D eigenvalue weighted by Gasteiger charge is -2.23. The van der Waals surface area contributed by atoms with Crippen LogP contribution in [0.2, 0.25) is 0 Å². The number of amides is 1. The number of carboxylic acids is 2. The Kier molecular flexibility index (Phi) is 9.58. The molecule has 13 nitrogen and oxygen atoms in total. The number of nitro groups is 1. The lowest BCUT2D eigenvalue weighted by atomic mass is 10.0. The molecular formula is C30H31N5O8. The normalized spacial score (nSPS) is 15.3. The number of carbonyl (C=O) groups is 3. The summed E-state index contributed by atoms with van der Waals surface area (Å²) in [5.41, 5.74) is 4.02. The summed E-state index contributed by atoms with van der Waals surface area (Å²) in [6, 6.07) is 16.2. The molecule has 0 aliphatic carbocycles. The molecule has 13 heteroatoms. The molecule has 3 aromatic carbocycles. The van der Waals surface area contributed by atoms with Gasteiger partial charge >= 0.3 is 11.9 Å². The van der Waals surface area contributed by atoms with E-state index in [1.165, 1.54) is 12.1 Å². The number of rotatable bonds is 13. The number of carboxylic acid groups (broad SMARTS) is 2. The number of aryl methyl sites for hydroxylation is 1. The highest BCUT2D eigenvalue weighted by Crippen LogP contribution is 2.34. The van der Waals surface area contributed by atoms with Gasteiger partial charge in [-0.15, -0.1) is 0 Å². The van der Waals surface area contributed by atoms with Crippen LogP contribution in [-0.2, 0) is 33.8 Å². The molecule has 0 fully saturated rings. The highest BCUT2D eigenvalue weighted by Gasteiger charge is 2.35. The molecule has 3 aromatic rings. The number of aliphatic carboxylic acids is 2. The number of benzene rings is 3. The van der Waals surface area contributed by atoms with Crippen LogP contribution in [0.5, 0.6) is 5.75 Å². The van der Waals surface area contributed by atoms with Crippen molar-refractivity contribution in [2.24, 2.45) is 0 Å². The molecule has 1 aliphatic heterocycles. The predicted octanol–water partition coefficient (Wildman–Crippen LogP) is 3.31. The lowest BCUT2D eigenvalue weighted by Crippen LogP contribution is -2.46. The van der Waals surface area contributed by atoms with E-state index in [1.54, 1.807) is 66.5 Å². The van der Waals surface area contributed by atoms with Crippen LogP contribution in [-0.4, -0.2) is 56.1 Å². The quantitative estimate of drug-likeness (QED) is 0.0973. The fraction of sp³-hybridized carbons (Fsp3) is 0.233. The number of nitrogens with one attached hydrogen (secondary N) is 3. The average molecular weight is 590 g/mol. The summed E-state index contributed by atoms with van der Waals surface area (Å²) in [6.45, 7) is 0.387. The van der Waals surface area contributed by atoms with Gasteiger partial charge in [0.15, 0.2) is 5.82 Å². The number of nitrogens with zero attached hydrogens (tertiary/aromatic N) is 2. The molecule has 1 aliphatic rings. The lowest BCUT2D eigenvalue weighted by molar-refractivity contribution is -0.403. The minimum Gasteiger partial charge on any atom is -0.508 e. The van der Waals surface area contributed by atoms with Gasteiger partial charge in [-0.3, -0.25) is 24.6 Å². The second kappa shape index (κ2) is 13.5. The molecule has 0 radical (unpaired) electrons. The molecule has 2 unspecified atom stereocenters. The van der Waals surface area contributed by atoms with Gasteiger partial charge in [-0.25, -0.2) is 4.79 Å². The molecule has 0 spiro atoms. The Bertz CT molecular complexity index is 1540. The first-order chi connectivity index (χ1) is 20.5. The van der Waals surface area contributed by atoms with Crippen LogP contribution in [0.3, 0.4) is 0 Å². The maximum atomic E-state index is 13.3. The molecule has 0 saturated carbocycles. The summed E-state index contributed by atoms with van der Waals surface area (Å²) < 4.78 is 0. The van der Waals surface area contributed by atoms with E-state index in [-0.39, 0.29) is 24.4 Å². The van der Waals surface area contributed by atoms with Crippen LogP contribution in [0.15, 0.2) is 78.8 Å². The van der Waals surface area contributed by atoms with Crippen molar-refractivity contribution in [1.29, 1.82) is 0 Å². The highest BCUT2D eigenvalue weighted by atomic mass is 16.6. The van der Waals surface area contributed by atoms with E-state index in [2.05, 4.69) is 16.0 Å². The Morgan fingerprint density at radius 3 is 2.26 bits per heavy atom. The Morgan fingerprint density at radius 2 is 1.63 bits per heavy atom. The van der Waals surface area contributed by atoms with E-state index < -0.39 is 34.9 Å². The summed E-state index contributed by atoms with van der Waals surface area (Å²) in [7, 11) is 1.74. The molecule has 0 aromatic heterocycles. The number of phenolic OH excluding ortho intramolecular Hbond substituents is 1. The maximum Gasteiger partial charge on any atom is 0.326 e. The largest absolute Gasteiger partial charge is 0.508 e. The van der Waals surface area contributed by atoms with Crippen LogP contribution < -0.4 is 16.0 Å². The van der Waals surface area contributed by atoms with Gasteiger partial charge in [0.25, 0.3) is 6.20 Å². The van der Waals surface area contributed by atoms with Gasteiger partial charge < -0.3 is 31.3 Å². The zero-order chi connectivity index (χ0) is 31.1. The van der Waals surface area contributed by atoms with Crippen molar-refractivity contribution in [3.05, 3.63) is 111 Å². The summed E-state index contributed by atoms with van der Waals surface area (Å²) in [4.78, 5) is 48.5. The molecule has 224 valence electrons. The molecule has 0 saturated heterocycles. The van der Waals surface area contributed by atoms with E-state index in [0.29, 0.717) is 35.5 Å². The molecule has 43 heavy (non-hydrogen) atoms. The zero-order valence-corrected chi connectivity index (χ0v) is 23.2. The predicted molar refractivity (Wildman–Crippen MR) is 157 cm³/mol. The number of anilines is 2. The van der Waals surface area contributed by atoms with Crippen molar-refractivity contribution < 1.29 is 34.6 Å². The molecule has 1 heterocycles. The fourth-order valence-corrected chi connectivity index (χ4v) is 4.86. The molecule has 0 bridgehead atoms. The molecule has 2 atom stereocenters. The van der Waals surface area contributed by atoms with Gasteiger partial charge in [0.1, 0.15) is 17.8 Å². The first-order valence-electron chi connectivity index (χ1n) is 13.3. The van der Waals surface area contributed by atoms with E-state index in [1.807, 2.05) is 0 Å². The molecular weight excluding hydrogens is 558 g/mol. The highest BCUT2D eigenvalue weighted by molar-refractivity contribution is 5.89. The van der Waals surface area contributed by atoms with Gasteiger partial charge in [0, 0.05) is 30.8 Å². The van der Waals surface area contributed by atoms with Crippen molar-refractivity contribution in [2.75, 3.05) is 17.7 Å². The van der Waals surface area contributed by atoms with Crippen molar-refractivity contribution >= 4 is 29.2 Å². The third kappa shape index (κ3) is 8.30. The van der Waals surface area contributed by atoms with Crippen LogP contribution in [0.1, 0.15) is 34.7 Å². The van der Waals surface area contributed by atoms with Crippen LogP contribution in [0, 0.1) is 10.1 Å². The second-order valence-electron chi connectivity index (χ2n) is 10.2. The summed E-state index contributed by atoms with van der Waals surface area (Å²) >= 11 is 0. The van der Waals surface area contributed by atoms with Crippen LogP contribution >= 0.6 is 0 Å². The Morgan fingerprint density at radius 1 is 1.00 bits per heavy atom. The van der Waals surface area contributed by atoms with Gasteiger partial charge in [-0.1, -0.05) is 30.3 Å². The Hall–Kier alpha value is -5.43. The SMILES string of the molecule is CN1Cc2cc(NC(=C[N+](=O)[O-])Nc3ccc(O)cc3)ccc2C1C(=O)NC(Cc1ccc(CCC(=O)O)cc1)C(=O)O. The number of aromatic hydroxyl groups is 1. The number of likely N-dealkylation sites (N-methyl/N-ethyl adjacent to an activating group) is 1. The van der Waals surface area contributed by atoms with Gasteiger partial charge in [0.2, 0.25) is 5.91 Å². The standard InChI is InChI=1S/C30H31N5O8/c1-34-16-20-15-22(32-26(17-35(42)43)31-21-7-10-23(36)11-8-21)9-12-24(20)28(34)29(39)33-25(30(40)41)14-19-4-2-18(3-5-19)6-13-27(37)38/h2-5,7-12,15,17,25,28,31-32,36H,6,13-14,16H2,1H3,(H,33,39)(H,37,38)(H,40,41). The van der Waals surface area contributed by atoms with Crippen molar-refractivity contribution in [2.45, 2.75) is 37.9 Å².